The van der Waals surface area contributed by atoms with Gasteiger partial charge in [-0.2, -0.15) is 5.10 Å². The Balaban J connectivity index is 1.78. The van der Waals surface area contributed by atoms with Gasteiger partial charge in [0.1, 0.15) is 0 Å². The van der Waals surface area contributed by atoms with Crippen LogP contribution in [0.4, 0.5) is 5.69 Å². The maximum Gasteiger partial charge on any atom is 0.181 e. The molecular weight excluding hydrogens is 260 g/mol. The van der Waals surface area contributed by atoms with Gasteiger partial charge < -0.3 is 5.32 Å². The standard InChI is InChI=1S/C17H16N4/c1-21-17(14-7-8-15-13(11-14)9-10-18-15)19-16(20-21)12-5-3-2-4-6-12/h2-8,11,18H,9-10H2,1H3. The largest absolute Gasteiger partial charge is 0.384 e. The van der Waals surface area contributed by atoms with E-state index in [1.54, 1.807) is 0 Å². The van der Waals surface area contributed by atoms with Crippen LogP contribution < -0.4 is 5.32 Å². The van der Waals surface area contributed by atoms with Gasteiger partial charge in [-0.3, -0.25) is 0 Å². The highest BCUT2D eigenvalue weighted by Gasteiger charge is 2.15. The van der Waals surface area contributed by atoms with E-state index < -0.39 is 0 Å². The number of hydrogen-bond donors (Lipinski definition) is 1. The lowest BCUT2D eigenvalue weighted by Crippen LogP contribution is -1.95. The van der Waals surface area contributed by atoms with E-state index in [1.807, 2.05) is 42.1 Å². The Bertz CT molecular complexity index is 790. The summed E-state index contributed by atoms with van der Waals surface area (Å²) in [6.07, 6.45) is 1.08. The lowest BCUT2D eigenvalue weighted by atomic mass is 10.1. The molecule has 3 aromatic rings. The van der Waals surface area contributed by atoms with E-state index in [0.29, 0.717) is 0 Å². The van der Waals surface area contributed by atoms with E-state index in [-0.39, 0.29) is 0 Å². The third kappa shape index (κ3) is 2.09. The molecular formula is C17H16N4. The topological polar surface area (TPSA) is 42.7 Å². The van der Waals surface area contributed by atoms with Gasteiger partial charge in [0.25, 0.3) is 0 Å². The summed E-state index contributed by atoms with van der Waals surface area (Å²) in [6, 6.07) is 16.5. The predicted molar refractivity (Wildman–Crippen MR) is 84.1 cm³/mol. The van der Waals surface area contributed by atoms with Crippen molar-refractivity contribution in [1.29, 1.82) is 0 Å². The third-order valence-corrected chi connectivity index (χ3v) is 3.87. The lowest BCUT2D eigenvalue weighted by Gasteiger charge is -2.03. The van der Waals surface area contributed by atoms with E-state index in [2.05, 4.69) is 28.6 Å². The van der Waals surface area contributed by atoms with Gasteiger partial charge in [0.15, 0.2) is 11.6 Å². The zero-order valence-corrected chi connectivity index (χ0v) is 11.9. The van der Waals surface area contributed by atoms with Crippen molar-refractivity contribution in [2.24, 2.45) is 7.05 Å². The first-order chi connectivity index (χ1) is 10.3. The highest BCUT2D eigenvalue weighted by atomic mass is 15.3. The minimum atomic E-state index is 0.770. The van der Waals surface area contributed by atoms with E-state index in [4.69, 9.17) is 4.98 Å². The van der Waals surface area contributed by atoms with Crippen LogP contribution in [0, 0.1) is 0 Å². The summed E-state index contributed by atoms with van der Waals surface area (Å²) >= 11 is 0. The molecule has 1 aliphatic rings. The second kappa shape index (κ2) is 4.74. The third-order valence-electron chi connectivity index (χ3n) is 3.87. The molecule has 4 heteroatoms. The van der Waals surface area contributed by atoms with Crippen molar-refractivity contribution in [3.63, 3.8) is 0 Å². The van der Waals surface area contributed by atoms with Gasteiger partial charge >= 0.3 is 0 Å². The van der Waals surface area contributed by atoms with Crippen molar-refractivity contribution >= 4 is 5.69 Å². The number of nitrogens with one attached hydrogen (secondary N) is 1. The zero-order valence-electron chi connectivity index (χ0n) is 11.9. The molecule has 0 aliphatic carbocycles. The fraction of sp³-hybridized carbons (Fsp3) is 0.176. The highest BCUT2D eigenvalue weighted by Crippen LogP contribution is 2.28. The predicted octanol–water partition coefficient (Wildman–Crippen LogP) is 3.12. The molecule has 1 aliphatic heterocycles. The zero-order chi connectivity index (χ0) is 14.2. The van der Waals surface area contributed by atoms with Crippen molar-refractivity contribution in [2.45, 2.75) is 6.42 Å². The molecule has 0 radical (unpaired) electrons. The molecule has 0 saturated heterocycles. The van der Waals surface area contributed by atoms with Crippen molar-refractivity contribution < 1.29 is 0 Å². The molecule has 0 fully saturated rings. The van der Waals surface area contributed by atoms with Crippen LogP contribution in [0.1, 0.15) is 5.56 Å². The molecule has 0 amide bonds. The van der Waals surface area contributed by atoms with Gasteiger partial charge in [0, 0.05) is 30.4 Å². The number of anilines is 1. The Kier molecular flexibility index (Phi) is 2.74. The van der Waals surface area contributed by atoms with Gasteiger partial charge in [-0.25, -0.2) is 9.67 Å². The van der Waals surface area contributed by atoms with Crippen LogP contribution >= 0.6 is 0 Å². The maximum atomic E-state index is 4.71. The maximum absolute atomic E-state index is 4.71. The van der Waals surface area contributed by atoms with Crippen molar-refractivity contribution in [1.82, 2.24) is 14.8 Å². The van der Waals surface area contributed by atoms with Crippen molar-refractivity contribution in [3.8, 4) is 22.8 Å². The average Bonchev–Trinajstić information content (AvgIpc) is 3.13. The molecule has 21 heavy (non-hydrogen) atoms. The Morgan fingerprint density at radius 1 is 1.05 bits per heavy atom. The van der Waals surface area contributed by atoms with Gasteiger partial charge in [0.2, 0.25) is 0 Å². The van der Waals surface area contributed by atoms with Crippen LogP contribution in [-0.2, 0) is 13.5 Å². The number of aryl methyl sites for hydroxylation is 1. The van der Waals surface area contributed by atoms with Gasteiger partial charge in [-0.05, 0) is 30.2 Å². The summed E-state index contributed by atoms with van der Waals surface area (Å²) < 4.78 is 1.85. The monoisotopic (exact) mass is 276 g/mol. The molecule has 4 rings (SSSR count). The summed E-state index contributed by atoms with van der Waals surface area (Å²) in [5.41, 5.74) is 4.76. The number of aromatic nitrogens is 3. The van der Waals surface area contributed by atoms with Gasteiger partial charge in [0.05, 0.1) is 0 Å². The molecule has 4 nitrogen and oxygen atoms in total. The van der Waals surface area contributed by atoms with Crippen molar-refractivity contribution in [3.05, 3.63) is 54.1 Å². The fourth-order valence-electron chi connectivity index (χ4n) is 2.79. The van der Waals surface area contributed by atoms with E-state index in [0.717, 1.165) is 35.7 Å². The second-order valence-electron chi connectivity index (χ2n) is 5.30. The average molecular weight is 276 g/mol. The van der Waals surface area contributed by atoms with E-state index in [1.165, 1.54) is 11.3 Å². The first kappa shape index (κ1) is 12.1. The second-order valence-corrected chi connectivity index (χ2v) is 5.30. The fourth-order valence-corrected chi connectivity index (χ4v) is 2.79. The van der Waals surface area contributed by atoms with Crippen molar-refractivity contribution in [2.75, 3.05) is 11.9 Å². The molecule has 0 atom stereocenters. The summed E-state index contributed by atoms with van der Waals surface area (Å²) in [6.45, 7) is 1.02. The number of nitrogens with zero attached hydrogens (tertiary/aromatic N) is 3. The van der Waals surface area contributed by atoms with Crippen LogP contribution in [0.3, 0.4) is 0 Å². The number of benzene rings is 2. The smallest absolute Gasteiger partial charge is 0.181 e. The Labute approximate surface area is 123 Å². The summed E-state index contributed by atoms with van der Waals surface area (Å²) in [5.74, 6) is 1.68. The minimum Gasteiger partial charge on any atom is -0.384 e. The van der Waals surface area contributed by atoms with Gasteiger partial charge in [-0.1, -0.05) is 30.3 Å². The number of hydrogen-bond acceptors (Lipinski definition) is 3. The van der Waals surface area contributed by atoms with Gasteiger partial charge in [-0.15, -0.1) is 0 Å². The molecule has 1 aromatic heterocycles. The number of fused-ring (bicyclic) bond motifs is 1. The quantitative estimate of drug-likeness (QED) is 0.782. The molecule has 2 aromatic carbocycles. The van der Waals surface area contributed by atoms with Crippen LogP contribution in [0.5, 0.6) is 0 Å². The van der Waals surface area contributed by atoms with Crippen LogP contribution in [-0.4, -0.2) is 21.3 Å². The molecule has 0 unspecified atom stereocenters. The highest BCUT2D eigenvalue weighted by molar-refractivity contribution is 5.67. The molecule has 0 saturated carbocycles. The molecule has 1 N–H and O–H groups in total. The normalized spacial score (nSPS) is 13.0. The molecule has 0 bridgehead atoms. The number of rotatable bonds is 2. The first-order valence-corrected chi connectivity index (χ1v) is 7.15. The van der Waals surface area contributed by atoms with E-state index >= 15 is 0 Å². The summed E-state index contributed by atoms with van der Waals surface area (Å²) in [7, 11) is 1.94. The van der Waals surface area contributed by atoms with Crippen LogP contribution in [0.25, 0.3) is 22.8 Å². The molecule has 2 heterocycles. The molecule has 0 spiro atoms. The Hall–Kier alpha value is -2.62. The van der Waals surface area contributed by atoms with Crippen LogP contribution in [0.15, 0.2) is 48.5 Å². The summed E-state index contributed by atoms with van der Waals surface area (Å²) in [4.78, 5) is 4.71. The Morgan fingerprint density at radius 3 is 2.76 bits per heavy atom. The van der Waals surface area contributed by atoms with E-state index in [9.17, 15) is 0 Å². The Morgan fingerprint density at radius 2 is 1.90 bits per heavy atom. The SMILES string of the molecule is Cn1nc(-c2ccccc2)nc1-c1ccc2c(c1)CCN2. The lowest BCUT2D eigenvalue weighted by molar-refractivity contribution is 0.777. The summed E-state index contributed by atoms with van der Waals surface area (Å²) in [5, 5.41) is 7.92. The molecule has 104 valence electrons. The van der Waals surface area contributed by atoms with Crippen LogP contribution in [0.2, 0.25) is 0 Å². The first-order valence-electron chi connectivity index (χ1n) is 7.15. The minimum absolute atomic E-state index is 0.770.